The standard InChI is InChI=1S/C13H23N3O2S/c1-3-4-5-6-11(2)16-19(17,18)13-8-7-12(9-14)10-15-13/h7-8,10-11,16H,3-6,9,14H2,1-2H3. The van der Waals surface area contributed by atoms with Gasteiger partial charge < -0.3 is 5.73 Å². The Balaban J connectivity index is 2.63. The molecule has 1 rings (SSSR count). The molecule has 3 N–H and O–H groups in total. The molecule has 0 saturated carbocycles. The molecular weight excluding hydrogens is 262 g/mol. The minimum absolute atomic E-state index is 0.0482. The molecule has 108 valence electrons. The van der Waals surface area contributed by atoms with Gasteiger partial charge in [-0.15, -0.1) is 0 Å². The number of hydrogen-bond acceptors (Lipinski definition) is 4. The Morgan fingerprint density at radius 2 is 2.11 bits per heavy atom. The molecule has 1 heterocycles. The van der Waals surface area contributed by atoms with Crippen molar-refractivity contribution in [1.82, 2.24) is 9.71 Å². The number of nitrogens with one attached hydrogen (secondary N) is 1. The highest BCUT2D eigenvalue weighted by atomic mass is 32.2. The minimum Gasteiger partial charge on any atom is -0.326 e. The molecule has 1 atom stereocenters. The third-order valence-corrected chi connectivity index (χ3v) is 4.41. The zero-order valence-electron chi connectivity index (χ0n) is 11.6. The summed E-state index contributed by atoms with van der Waals surface area (Å²) in [5.41, 5.74) is 6.27. The van der Waals surface area contributed by atoms with Crippen molar-refractivity contribution in [3.63, 3.8) is 0 Å². The van der Waals surface area contributed by atoms with Crippen LogP contribution in [-0.2, 0) is 16.6 Å². The van der Waals surface area contributed by atoms with Gasteiger partial charge in [-0.1, -0.05) is 32.3 Å². The van der Waals surface area contributed by atoms with E-state index in [4.69, 9.17) is 5.73 Å². The topological polar surface area (TPSA) is 85.1 Å². The van der Waals surface area contributed by atoms with Crippen LogP contribution in [0.15, 0.2) is 23.4 Å². The summed E-state index contributed by atoms with van der Waals surface area (Å²) in [6, 6.07) is 3.10. The van der Waals surface area contributed by atoms with Gasteiger partial charge >= 0.3 is 0 Å². The number of unbranched alkanes of at least 4 members (excludes halogenated alkanes) is 2. The maximum absolute atomic E-state index is 12.1. The molecule has 0 aliphatic rings. The lowest BCUT2D eigenvalue weighted by molar-refractivity contribution is 0.525. The molecule has 6 heteroatoms. The summed E-state index contributed by atoms with van der Waals surface area (Å²) in [6.45, 7) is 4.35. The van der Waals surface area contributed by atoms with E-state index in [-0.39, 0.29) is 11.1 Å². The second-order valence-electron chi connectivity index (χ2n) is 4.73. The summed E-state index contributed by atoms with van der Waals surface area (Å²) in [4.78, 5) is 3.94. The molecule has 0 amide bonds. The highest BCUT2D eigenvalue weighted by Crippen LogP contribution is 2.09. The van der Waals surface area contributed by atoms with Gasteiger partial charge in [0, 0.05) is 18.8 Å². The molecule has 1 unspecified atom stereocenters. The monoisotopic (exact) mass is 285 g/mol. The predicted molar refractivity (Wildman–Crippen MR) is 76.1 cm³/mol. The Morgan fingerprint density at radius 3 is 2.63 bits per heavy atom. The molecule has 5 nitrogen and oxygen atoms in total. The van der Waals surface area contributed by atoms with E-state index in [1.54, 1.807) is 6.07 Å². The minimum atomic E-state index is -3.52. The first-order valence-corrected chi connectivity index (χ1v) is 8.15. The summed E-state index contributed by atoms with van der Waals surface area (Å²) in [5, 5.41) is 0.0482. The summed E-state index contributed by atoms with van der Waals surface area (Å²) in [6.07, 6.45) is 5.61. The first-order valence-electron chi connectivity index (χ1n) is 6.67. The van der Waals surface area contributed by atoms with Crippen molar-refractivity contribution in [1.29, 1.82) is 0 Å². The molecule has 0 aromatic carbocycles. The second kappa shape index (κ2) is 7.57. The first-order chi connectivity index (χ1) is 8.99. The van der Waals surface area contributed by atoms with Gasteiger partial charge in [-0.25, -0.2) is 18.1 Å². The third kappa shape index (κ3) is 5.26. The number of nitrogens with two attached hydrogens (primary N) is 1. The lowest BCUT2D eigenvalue weighted by atomic mass is 10.1. The maximum Gasteiger partial charge on any atom is 0.258 e. The van der Waals surface area contributed by atoms with Gasteiger partial charge in [-0.3, -0.25) is 0 Å². The predicted octanol–water partition coefficient (Wildman–Crippen LogP) is 1.79. The Bertz CT molecular complexity index is 471. The van der Waals surface area contributed by atoms with Gasteiger partial charge in [0.05, 0.1) is 0 Å². The number of hydrogen-bond donors (Lipinski definition) is 2. The average Bonchev–Trinajstić information content (AvgIpc) is 2.38. The van der Waals surface area contributed by atoms with E-state index in [0.29, 0.717) is 6.54 Å². The van der Waals surface area contributed by atoms with Crippen LogP contribution in [0, 0.1) is 0 Å². The summed E-state index contributed by atoms with van der Waals surface area (Å²) in [7, 11) is -3.52. The molecule has 0 fully saturated rings. The largest absolute Gasteiger partial charge is 0.326 e. The van der Waals surface area contributed by atoms with E-state index >= 15 is 0 Å². The number of sulfonamides is 1. The van der Waals surface area contributed by atoms with Crippen molar-refractivity contribution < 1.29 is 8.42 Å². The third-order valence-electron chi connectivity index (χ3n) is 2.91. The van der Waals surface area contributed by atoms with E-state index in [9.17, 15) is 8.42 Å². The van der Waals surface area contributed by atoms with Crippen LogP contribution < -0.4 is 10.5 Å². The van der Waals surface area contributed by atoms with Crippen LogP contribution in [0.3, 0.4) is 0 Å². The Hall–Kier alpha value is -0.980. The number of aromatic nitrogens is 1. The van der Waals surface area contributed by atoms with Gasteiger partial charge in [0.2, 0.25) is 0 Å². The van der Waals surface area contributed by atoms with Gasteiger partial charge in [0.1, 0.15) is 0 Å². The van der Waals surface area contributed by atoms with Crippen LogP contribution in [0.5, 0.6) is 0 Å². The maximum atomic E-state index is 12.1. The van der Waals surface area contributed by atoms with Crippen LogP contribution >= 0.6 is 0 Å². The van der Waals surface area contributed by atoms with Gasteiger partial charge in [0.15, 0.2) is 5.03 Å². The van der Waals surface area contributed by atoms with Crippen LogP contribution in [0.4, 0.5) is 0 Å². The van der Waals surface area contributed by atoms with Crippen LogP contribution in [0.25, 0.3) is 0 Å². The SMILES string of the molecule is CCCCCC(C)NS(=O)(=O)c1ccc(CN)cn1. The Morgan fingerprint density at radius 1 is 1.37 bits per heavy atom. The molecular formula is C13H23N3O2S. The fraction of sp³-hybridized carbons (Fsp3) is 0.615. The van der Waals surface area contributed by atoms with Gasteiger partial charge in [-0.2, -0.15) is 0 Å². The molecule has 19 heavy (non-hydrogen) atoms. The van der Waals surface area contributed by atoms with Crippen molar-refractivity contribution in [2.75, 3.05) is 0 Å². The molecule has 0 aliphatic heterocycles. The summed E-state index contributed by atoms with van der Waals surface area (Å²) >= 11 is 0. The van der Waals surface area contributed by atoms with Crippen molar-refractivity contribution in [2.24, 2.45) is 5.73 Å². The molecule has 0 saturated heterocycles. The quantitative estimate of drug-likeness (QED) is 0.713. The fourth-order valence-corrected chi connectivity index (χ4v) is 2.98. The number of pyridine rings is 1. The molecule has 0 spiro atoms. The van der Waals surface area contributed by atoms with Crippen molar-refractivity contribution >= 4 is 10.0 Å². The number of rotatable bonds is 8. The van der Waals surface area contributed by atoms with E-state index in [1.165, 1.54) is 12.3 Å². The highest BCUT2D eigenvalue weighted by Gasteiger charge is 2.18. The second-order valence-corrected chi connectivity index (χ2v) is 6.39. The number of nitrogens with zero attached hydrogens (tertiary/aromatic N) is 1. The lowest BCUT2D eigenvalue weighted by Gasteiger charge is -2.13. The normalized spacial score (nSPS) is 13.4. The van der Waals surface area contributed by atoms with Crippen LogP contribution in [0.1, 0.15) is 45.1 Å². The highest BCUT2D eigenvalue weighted by molar-refractivity contribution is 7.89. The lowest BCUT2D eigenvalue weighted by Crippen LogP contribution is -2.33. The van der Waals surface area contributed by atoms with Crippen LogP contribution in [0.2, 0.25) is 0 Å². The smallest absolute Gasteiger partial charge is 0.258 e. The molecule has 1 aromatic rings. The average molecular weight is 285 g/mol. The van der Waals surface area contributed by atoms with E-state index in [0.717, 1.165) is 31.2 Å². The fourth-order valence-electron chi connectivity index (χ4n) is 1.78. The molecule has 1 aromatic heterocycles. The van der Waals surface area contributed by atoms with E-state index in [1.807, 2.05) is 6.92 Å². The zero-order chi connectivity index (χ0) is 14.3. The van der Waals surface area contributed by atoms with E-state index < -0.39 is 10.0 Å². The van der Waals surface area contributed by atoms with Crippen molar-refractivity contribution in [2.45, 2.75) is 57.1 Å². The van der Waals surface area contributed by atoms with E-state index in [2.05, 4.69) is 16.6 Å². The molecule has 0 aliphatic carbocycles. The van der Waals surface area contributed by atoms with Gasteiger partial charge in [-0.05, 0) is 25.0 Å². The molecule has 0 radical (unpaired) electrons. The summed E-state index contributed by atoms with van der Waals surface area (Å²) in [5.74, 6) is 0. The van der Waals surface area contributed by atoms with Crippen molar-refractivity contribution in [3.8, 4) is 0 Å². The Kier molecular flexibility index (Phi) is 6.41. The van der Waals surface area contributed by atoms with Gasteiger partial charge in [0.25, 0.3) is 10.0 Å². The molecule has 0 bridgehead atoms. The Labute approximate surface area is 115 Å². The van der Waals surface area contributed by atoms with Crippen LogP contribution in [-0.4, -0.2) is 19.4 Å². The first kappa shape index (κ1) is 16.1. The zero-order valence-corrected chi connectivity index (χ0v) is 12.4. The summed E-state index contributed by atoms with van der Waals surface area (Å²) < 4.78 is 26.8. The van der Waals surface area contributed by atoms with Crippen molar-refractivity contribution in [3.05, 3.63) is 23.9 Å².